The minimum atomic E-state index is -3.83. The van der Waals surface area contributed by atoms with Crippen LogP contribution in [0.4, 0.5) is 0 Å². The lowest BCUT2D eigenvalue weighted by Gasteiger charge is -2.16. The molecule has 0 aliphatic rings. The number of hydrogen-bond donors (Lipinski definition) is 0. The maximum Gasteiger partial charge on any atom is 0.333 e. The summed E-state index contributed by atoms with van der Waals surface area (Å²) in [4.78, 5) is 22.2. The number of aromatic nitrogens is 4. The van der Waals surface area contributed by atoms with Gasteiger partial charge in [0.2, 0.25) is 0 Å². The van der Waals surface area contributed by atoms with Crippen LogP contribution in [-0.2, 0) is 12.4 Å². The molecule has 0 saturated heterocycles. The zero-order chi connectivity index (χ0) is 44.7. The molecule has 0 spiro atoms. The fourth-order valence-electron chi connectivity index (χ4n) is 3.46. The minimum Gasteiger partial charge on any atom is -0.293 e. The molecule has 6 nitrogen and oxygen atoms in total. The van der Waals surface area contributed by atoms with Crippen LogP contribution >= 0.6 is 0 Å². The van der Waals surface area contributed by atoms with Crippen molar-refractivity contribution in [3.05, 3.63) is 101 Å². The van der Waals surface area contributed by atoms with Gasteiger partial charge in [0.05, 0.1) is 64.6 Å². The number of nitrogens with zero attached hydrogens (tertiary/aromatic N) is 5. The van der Waals surface area contributed by atoms with E-state index in [0.29, 0.717) is 0 Å². The van der Waals surface area contributed by atoms with Gasteiger partial charge in [-0.1, -0.05) is 36.3 Å². The van der Waals surface area contributed by atoms with Crippen molar-refractivity contribution in [2.24, 2.45) is 6.98 Å². The summed E-state index contributed by atoms with van der Waals surface area (Å²) in [5.41, 5.74) is -12.9. The lowest BCUT2D eigenvalue weighted by Crippen LogP contribution is -2.21. The Morgan fingerprint density at radius 3 is 2.53 bits per heavy atom. The average molecular weight is 493 g/mol. The number of nitriles is 1. The number of rotatable bonds is 3. The molecule has 0 saturated carbocycles. The highest BCUT2D eigenvalue weighted by Gasteiger charge is 2.21. The minimum absolute atomic E-state index is 0.0430. The van der Waals surface area contributed by atoms with E-state index in [1.54, 1.807) is 0 Å². The summed E-state index contributed by atoms with van der Waals surface area (Å²) < 4.78 is 194. The Morgan fingerprint density at radius 2 is 1.75 bits per heavy atom. The maximum absolute atomic E-state index is 14.4. The average Bonchev–Trinajstić information content (AvgIpc) is 3.43. The van der Waals surface area contributed by atoms with Gasteiger partial charge in [0, 0.05) is 41.8 Å². The maximum atomic E-state index is 14.4. The fraction of sp³-hybridized carbons (Fsp3) is 0.133. The Hall–Kier alpha value is -4.76. The topological polar surface area (TPSA) is 76.5 Å². The van der Waals surface area contributed by atoms with Crippen LogP contribution in [0.5, 0.6) is 0 Å². The van der Waals surface area contributed by atoms with E-state index < -0.39 is 172 Å². The largest absolute Gasteiger partial charge is 0.333 e. The fourth-order valence-corrected chi connectivity index (χ4v) is 3.46. The van der Waals surface area contributed by atoms with Crippen LogP contribution in [0.15, 0.2) is 89.6 Å². The van der Waals surface area contributed by atoms with Crippen LogP contribution in [0.3, 0.4) is 0 Å². The van der Waals surface area contributed by atoms with Crippen molar-refractivity contribution in [1.82, 2.24) is 19.1 Å². The summed E-state index contributed by atoms with van der Waals surface area (Å²) in [6, 6.07) is -11.5. The molecular weight excluding hydrogens is 446 g/mol. The number of pyridine rings is 2. The van der Waals surface area contributed by atoms with Crippen molar-refractivity contribution in [1.29, 1.82) is 5.26 Å². The van der Waals surface area contributed by atoms with E-state index in [4.69, 9.17) is 30.2 Å². The second-order valence-corrected chi connectivity index (χ2v) is 7.38. The van der Waals surface area contributed by atoms with Gasteiger partial charge in [-0.25, -0.2) is 4.79 Å². The quantitative estimate of drug-likeness (QED) is 0.308. The first kappa shape index (κ1) is 8.14. The third-order valence-corrected chi connectivity index (χ3v) is 5.18. The SMILES string of the molecule is [2H]c1nc2c([2H])c([2H])c([2H])c([2H])c2c([2H])c1-c1c([2H])c([2H])c2nc([2H])c3c(c2c1[2H])n(-c1c([2H])c([2H])c(C(C#N)(C([2H])([2H])[2H])C([2H])([2H])[2H])c([2H])c1[2H])c(=O)n3C([2H])([2H])[2H]. The Labute approximate surface area is 240 Å². The van der Waals surface area contributed by atoms with Crippen molar-refractivity contribution in [3.63, 3.8) is 0 Å². The molecule has 0 radical (unpaired) electrons. The van der Waals surface area contributed by atoms with Crippen LogP contribution in [0, 0.1) is 11.3 Å². The van der Waals surface area contributed by atoms with Crippen LogP contribution < -0.4 is 5.69 Å². The van der Waals surface area contributed by atoms with Crippen LogP contribution in [0.25, 0.3) is 49.7 Å². The van der Waals surface area contributed by atoms with Gasteiger partial charge in [-0.2, -0.15) is 5.26 Å². The van der Waals surface area contributed by atoms with E-state index in [1.165, 1.54) is 0 Å². The molecule has 0 aliphatic carbocycles. The van der Waals surface area contributed by atoms with Crippen molar-refractivity contribution < 1.29 is 31.5 Å². The van der Waals surface area contributed by atoms with Gasteiger partial charge >= 0.3 is 5.69 Å². The molecule has 0 unspecified atom stereocenters. The molecular formula is C30H23N5O. The second-order valence-electron chi connectivity index (χ2n) is 7.38. The first-order valence-corrected chi connectivity index (χ1v) is 9.91. The Balaban J connectivity index is 1.91. The monoisotopic (exact) mass is 492 g/mol. The van der Waals surface area contributed by atoms with Crippen molar-refractivity contribution >= 4 is 32.8 Å². The molecule has 0 amide bonds. The molecule has 0 N–H and O–H groups in total. The molecule has 6 aromatic rings. The molecule has 3 aromatic heterocycles. The molecule has 3 aromatic carbocycles. The van der Waals surface area contributed by atoms with Crippen LogP contribution in [-0.4, -0.2) is 19.1 Å². The zero-order valence-electron chi connectivity index (χ0n) is 40.6. The summed E-state index contributed by atoms with van der Waals surface area (Å²) in [5.74, 6) is 0. The summed E-state index contributed by atoms with van der Waals surface area (Å²) in [6.45, 7) is -11.2. The Kier molecular flexibility index (Phi) is 1.78. The number of imidazole rings is 1. The molecule has 0 atom stereocenters. The highest BCUT2D eigenvalue weighted by molar-refractivity contribution is 6.04. The molecule has 0 aliphatic heterocycles. The summed E-state index contributed by atoms with van der Waals surface area (Å²) >= 11 is 0. The number of benzene rings is 3. The first-order chi connectivity index (χ1) is 26.9. The standard InChI is InChI=1S/C30H23N5O/c1-30(2,18-31)22-9-11-23(12-10-22)35-28-24-15-19(21-14-20-6-4-5-7-25(20)32-16-21)8-13-26(24)33-17-27(28)34(3)29(35)36/h4-17H,1-3H3/i1D3,2D3,3D3,4D,5D,6D,7D,8D,9D,10D,11D,12D,13D,14D,15D,16D,17D. The van der Waals surface area contributed by atoms with Gasteiger partial charge < -0.3 is 0 Å². The summed E-state index contributed by atoms with van der Waals surface area (Å²) in [7, 11) is 0. The zero-order valence-corrected chi connectivity index (χ0v) is 17.6. The van der Waals surface area contributed by atoms with Gasteiger partial charge in [-0.3, -0.25) is 19.1 Å². The van der Waals surface area contributed by atoms with E-state index in [-0.39, 0.29) is 9.13 Å². The molecule has 3 heterocycles. The van der Waals surface area contributed by atoms with E-state index in [0.717, 1.165) is 6.07 Å². The molecule has 6 heteroatoms. The van der Waals surface area contributed by atoms with E-state index in [9.17, 15) is 11.4 Å². The third kappa shape index (κ3) is 3.29. The molecule has 0 fully saturated rings. The lowest BCUT2D eigenvalue weighted by molar-refractivity contribution is 0.686. The van der Waals surface area contributed by atoms with E-state index in [1.807, 2.05) is 0 Å². The first-order valence-electron chi connectivity index (χ1n) is 21.4. The molecule has 0 bridgehead atoms. The molecule has 36 heavy (non-hydrogen) atoms. The van der Waals surface area contributed by atoms with E-state index >= 15 is 0 Å². The molecule has 174 valence electrons. The highest BCUT2D eigenvalue weighted by Crippen LogP contribution is 2.31. The van der Waals surface area contributed by atoms with Gasteiger partial charge in [0.1, 0.15) is 0 Å². The van der Waals surface area contributed by atoms with Crippen molar-refractivity contribution in [2.45, 2.75) is 19.1 Å². The van der Waals surface area contributed by atoms with E-state index in [2.05, 4.69) is 9.97 Å². The van der Waals surface area contributed by atoms with Crippen LogP contribution in [0.2, 0.25) is 0 Å². The summed E-state index contributed by atoms with van der Waals surface area (Å²) in [5, 5.41) is 8.70. The van der Waals surface area contributed by atoms with Gasteiger partial charge in [-0.15, -0.1) is 0 Å². The summed E-state index contributed by atoms with van der Waals surface area (Å²) in [6.07, 6.45) is -2.03. The number of fused-ring (bicyclic) bond motifs is 4. The highest BCUT2D eigenvalue weighted by atomic mass is 16.1. The smallest absolute Gasteiger partial charge is 0.293 e. The third-order valence-electron chi connectivity index (χ3n) is 5.18. The van der Waals surface area contributed by atoms with Crippen LogP contribution in [0.1, 0.15) is 50.8 Å². The van der Waals surface area contributed by atoms with Crippen molar-refractivity contribution in [2.75, 3.05) is 0 Å². The van der Waals surface area contributed by atoms with Crippen molar-refractivity contribution in [3.8, 4) is 22.9 Å². The Bertz CT molecular complexity index is 2950. The Morgan fingerprint density at radius 1 is 0.944 bits per heavy atom. The normalized spacial score (nSPS) is 22.0. The van der Waals surface area contributed by atoms with Gasteiger partial charge in [-0.05, 0) is 61.1 Å². The van der Waals surface area contributed by atoms with Gasteiger partial charge in [0.25, 0.3) is 0 Å². The number of hydrogen-bond acceptors (Lipinski definition) is 4. The second kappa shape index (κ2) is 7.89. The number of para-hydroxylation sites is 1. The molecule has 6 rings (SSSR count). The predicted octanol–water partition coefficient (Wildman–Crippen LogP) is 5.89. The lowest BCUT2D eigenvalue weighted by atomic mass is 9.86. The van der Waals surface area contributed by atoms with Gasteiger partial charge in [0.15, 0.2) is 0 Å². The number of aryl methyl sites for hydroxylation is 1. The predicted molar refractivity (Wildman–Crippen MR) is 143 cm³/mol.